The second kappa shape index (κ2) is 8.06. The molecule has 0 saturated heterocycles. The van der Waals surface area contributed by atoms with Gasteiger partial charge in [0.05, 0.1) is 0 Å². The molecule has 1 aromatic rings. The third kappa shape index (κ3) is 7.01. The van der Waals surface area contributed by atoms with Crippen LogP contribution in [0.5, 0.6) is 0 Å². The standard InChI is InChI=1S/C12H23N3S2/c1-9(2)5-6-10(3)13-7-8-16-12-14-11(4)15-17-12/h9-10,13H,5-8H2,1-4H3. The summed E-state index contributed by atoms with van der Waals surface area (Å²) in [5.74, 6) is 2.76. The van der Waals surface area contributed by atoms with E-state index in [1.165, 1.54) is 24.4 Å². The summed E-state index contributed by atoms with van der Waals surface area (Å²) in [6, 6.07) is 0.620. The first kappa shape index (κ1) is 14.9. The number of aryl methyl sites for hydroxylation is 1. The molecule has 1 N–H and O–H groups in total. The number of aromatic nitrogens is 2. The quantitative estimate of drug-likeness (QED) is 0.582. The first-order chi connectivity index (χ1) is 8.08. The summed E-state index contributed by atoms with van der Waals surface area (Å²) in [5, 5.41) is 3.55. The van der Waals surface area contributed by atoms with E-state index in [9.17, 15) is 0 Å². The van der Waals surface area contributed by atoms with Crippen LogP contribution < -0.4 is 5.32 Å². The average molecular weight is 273 g/mol. The van der Waals surface area contributed by atoms with E-state index in [4.69, 9.17) is 0 Å². The van der Waals surface area contributed by atoms with Gasteiger partial charge in [-0.05, 0) is 44.1 Å². The number of thioether (sulfide) groups is 1. The molecule has 1 atom stereocenters. The molecule has 1 unspecified atom stereocenters. The van der Waals surface area contributed by atoms with Crippen molar-refractivity contribution in [1.29, 1.82) is 0 Å². The van der Waals surface area contributed by atoms with Crippen LogP contribution in [0.15, 0.2) is 4.34 Å². The highest BCUT2D eigenvalue weighted by Crippen LogP contribution is 2.19. The van der Waals surface area contributed by atoms with Gasteiger partial charge in [-0.3, -0.25) is 0 Å². The maximum Gasteiger partial charge on any atom is 0.170 e. The Morgan fingerprint density at radius 2 is 2.06 bits per heavy atom. The number of nitrogens with one attached hydrogen (secondary N) is 1. The first-order valence-electron chi connectivity index (χ1n) is 6.24. The SMILES string of the molecule is Cc1nsc(SCCNC(C)CCC(C)C)n1. The minimum absolute atomic E-state index is 0.620. The largest absolute Gasteiger partial charge is 0.313 e. The lowest BCUT2D eigenvalue weighted by Gasteiger charge is -2.14. The van der Waals surface area contributed by atoms with E-state index in [1.807, 2.05) is 6.92 Å². The summed E-state index contributed by atoms with van der Waals surface area (Å²) >= 11 is 3.29. The number of hydrogen-bond donors (Lipinski definition) is 1. The predicted molar refractivity (Wildman–Crippen MR) is 76.9 cm³/mol. The molecule has 1 rings (SSSR count). The van der Waals surface area contributed by atoms with Gasteiger partial charge in [0.1, 0.15) is 5.82 Å². The lowest BCUT2D eigenvalue weighted by Crippen LogP contribution is -2.28. The van der Waals surface area contributed by atoms with Crippen LogP contribution in [0.1, 0.15) is 39.4 Å². The van der Waals surface area contributed by atoms with E-state index in [1.54, 1.807) is 11.8 Å². The van der Waals surface area contributed by atoms with Crippen LogP contribution in [0.25, 0.3) is 0 Å². The van der Waals surface area contributed by atoms with Crippen LogP contribution in [-0.2, 0) is 0 Å². The van der Waals surface area contributed by atoms with Gasteiger partial charge >= 0.3 is 0 Å². The molecule has 0 fully saturated rings. The van der Waals surface area contributed by atoms with Crippen LogP contribution in [0.2, 0.25) is 0 Å². The molecule has 0 bridgehead atoms. The molecular formula is C12H23N3S2. The predicted octanol–water partition coefficient (Wildman–Crippen LogP) is 3.35. The zero-order valence-electron chi connectivity index (χ0n) is 11.2. The van der Waals surface area contributed by atoms with Gasteiger partial charge in [0.15, 0.2) is 4.34 Å². The Morgan fingerprint density at radius 3 is 2.65 bits per heavy atom. The highest BCUT2D eigenvalue weighted by molar-refractivity contribution is 8.00. The van der Waals surface area contributed by atoms with Gasteiger partial charge in [0, 0.05) is 18.3 Å². The molecule has 5 heteroatoms. The van der Waals surface area contributed by atoms with Crippen molar-refractivity contribution in [1.82, 2.24) is 14.7 Å². The summed E-state index contributed by atoms with van der Waals surface area (Å²) in [7, 11) is 0. The number of hydrogen-bond acceptors (Lipinski definition) is 5. The minimum atomic E-state index is 0.620. The zero-order chi connectivity index (χ0) is 12.7. The maximum absolute atomic E-state index is 4.33. The van der Waals surface area contributed by atoms with Gasteiger partial charge < -0.3 is 5.32 Å². The van der Waals surface area contributed by atoms with Gasteiger partial charge in [-0.15, -0.1) is 0 Å². The van der Waals surface area contributed by atoms with Crippen molar-refractivity contribution in [2.24, 2.45) is 5.92 Å². The highest BCUT2D eigenvalue weighted by Gasteiger charge is 2.04. The molecule has 3 nitrogen and oxygen atoms in total. The summed E-state index contributed by atoms with van der Waals surface area (Å²) in [5.41, 5.74) is 0. The van der Waals surface area contributed by atoms with Crippen molar-refractivity contribution in [3.63, 3.8) is 0 Å². The molecule has 0 aromatic carbocycles. The van der Waals surface area contributed by atoms with Gasteiger partial charge in [0.2, 0.25) is 0 Å². The molecule has 1 aromatic heterocycles. The zero-order valence-corrected chi connectivity index (χ0v) is 12.8. The molecule has 98 valence electrons. The Balaban J connectivity index is 2.03. The van der Waals surface area contributed by atoms with Crippen LogP contribution in [0.3, 0.4) is 0 Å². The molecule has 1 heterocycles. The Morgan fingerprint density at radius 1 is 1.29 bits per heavy atom. The van der Waals surface area contributed by atoms with E-state index in [0.29, 0.717) is 6.04 Å². The van der Waals surface area contributed by atoms with Crippen molar-refractivity contribution in [2.75, 3.05) is 12.3 Å². The fourth-order valence-electron chi connectivity index (χ4n) is 1.47. The Labute approximate surface area is 113 Å². The normalized spacial score (nSPS) is 13.2. The topological polar surface area (TPSA) is 37.8 Å². The fourth-order valence-corrected chi connectivity index (χ4v) is 3.05. The second-order valence-corrected chi connectivity index (χ2v) is 6.88. The molecule has 0 aliphatic heterocycles. The Bertz CT molecular complexity index is 312. The molecule has 0 saturated carbocycles. The molecule has 0 aliphatic rings. The Hall–Kier alpha value is -0.130. The monoisotopic (exact) mass is 273 g/mol. The molecule has 0 radical (unpaired) electrons. The van der Waals surface area contributed by atoms with E-state index >= 15 is 0 Å². The second-order valence-electron chi connectivity index (χ2n) is 4.78. The minimum Gasteiger partial charge on any atom is -0.313 e. The van der Waals surface area contributed by atoms with Gasteiger partial charge in [-0.1, -0.05) is 25.6 Å². The van der Waals surface area contributed by atoms with Crippen molar-refractivity contribution in [2.45, 2.75) is 50.9 Å². The van der Waals surface area contributed by atoms with Gasteiger partial charge in [-0.25, -0.2) is 4.98 Å². The van der Waals surface area contributed by atoms with E-state index < -0.39 is 0 Å². The Kier molecular flexibility index (Phi) is 7.08. The fraction of sp³-hybridized carbons (Fsp3) is 0.833. The van der Waals surface area contributed by atoms with Crippen LogP contribution >= 0.6 is 23.3 Å². The molecular weight excluding hydrogens is 250 g/mol. The van der Waals surface area contributed by atoms with Crippen LogP contribution in [0, 0.1) is 12.8 Å². The molecule has 0 aliphatic carbocycles. The maximum atomic E-state index is 4.33. The first-order valence-corrected chi connectivity index (χ1v) is 8.00. The van der Waals surface area contributed by atoms with Crippen molar-refractivity contribution < 1.29 is 0 Å². The molecule has 17 heavy (non-hydrogen) atoms. The van der Waals surface area contributed by atoms with Crippen LogP contribution in [0.4, 0.5) is 0 Å². The molecule has 0 spiro atoms. The van der Waals surface area contributed by atoms with Gasteiger partial charge in [-0.2, -0.15) is 4.37 Å². The third-order valence-electron chi connectivity index (χ3n) is 2.51. The van der Waals surface area contributed by atoms with E-state index in [-0.39, 0.29) is 0 Å². The lowest BCUT2D eigenvalue weighted by atomic mass is 10.0. The van der Waals surface area contributed by atoms with E-state index in [0.717, 1.165) is 28.4 Å². The number of rotatable bonds is 8. The summed E-state index contributed by atoms with van der Waals surface area (Å²) in [6.45, 7) is 9.80. The number of nitrogens with zero attached hydrogens (tertiary/aromatic N) is 2. The third-order valence-corrected chi connectivity index (χ3v) is 4.43. The molecule has 0 amide bonds. The summed E-state index contributed by atoms with van der Waals surface area (Å²) < 4.78 is 5.25. The van der Waals surface area contributed by atoms with Crippen molar-refractivity contribution >= 4 is 23.3 Å². The average Bonchev–Trinajstić information content (AvgIpc) is 2.68. The van der Waals surface area contributed by atoms with Crippen molar-refractivity contribution in [3.8, 4) is 0 Å². The van der Waals surface area contributed by atoms with E-state index in [2.05, 4.69) is 35.4 Å². The summed E-state index contributed by atoms with van der Waals surface area (Å²) in [6.07, 6.45) is 2.57. The van der Waals surface area contributed by atoms with Crippen molar-refractivity contribution in [3.05, 3.63) is 5.82 Å². The highest BCUT2D eigenvalue weighted by atomic mass is 32.2. The van der Waals surface area contributed by atoms with Crippen LogP contribution in [-0.4, -0.2) is 27.7 Å². The van der Waals surface area contributed by atoms with Gasteiger partial charge in [0.25, 0.3) is 0 Å². The lowest BCUT2D eigenvalue weighted by molar-refractivity contribution is 0.460. The summed E-state index contributed by atoms with van der Waals surface area (Å²) in [4.78, 5) is 4.33. The smallest absolute Gasteiger partial charge is 0.170 e.